The second-order valence-corrected chi connectivity index (χ2v) is 4.70. The Balaban J connectivity index is 2.16. The Morgan fingerprint density at radius 1 is 1.15 bits per heavy atom. The van der Waals surface area contributed by atoms with Crippen LogP contribution in [-0.2, 0) is 11.9 Å². The summed E-state index contributed by atoms with van der Waals surface area (Å²) in [5.74, 6) is -0.550. The van der Waals surface area contributed by atoms with E-state index in [1.54, 1.807) is 6.07 Å². The SMILES string of the molecule is N#Cc1ccc(F)c(COc2cc(F)cc(CBr)c2)c1. The van der Waals surface area contributed by atoms with Crippen LogP contribution in [0.25, 0.3) is 0 Å². The van der Waals surface area contributed by atoms with Gasteiger partial charge in [0, 0.05) is 17.0 Å². The molecular weight excluding hydrogens is 328 g/mol. The van der Waals surface area contributed by atoms with Crippen LogP contribution in [0.15, 0.2) is 36.4 Å². The fourth-order valence-corrected chi connectivity index (χ4v) is 2.02. The molecule has 0 fully saturated rings. The highest BCUT2D eigenvalue weighted by atomic mass is 79.9. The van der Waals surface area contributed by atoms with Crippen LogP contribution in [0.2, 0.25) is 0 Å². The summed E-state index contributed by atoms with van der Waals surface area (Å²) in [7, 11) is 0. The minimum Gasteiger partial charge on any atom is -0.489 e. The second kappa shape index (κ2) is 6.49. The Hall–Kier alpha value is -1.93. The Bertz CT molecular complexity index is 667. The van der Waals surface area contributed by atoms with Crippen LogP contribution in [0, 0.1) is 23.0 Å². The van der Waals surface area contributed by atoms with Crippen LogP contribution in [0.5, 0.6) is 5.75 Å². The molecule has 0 atom stereocenters. The molecule has 0 aromatic heterocycles. The first kappa shape index (κ1) is 14.5. The van der Waals surface area contributed by atoms with Gasteiger partial charge in [-0.25, -0.2) is 8.78 Å². The normalized spacial score (nSPS) is 10.1. The highest BCUT2D eigenvalue weighted by Gasteiger charge is 2.06. The molecule has 20 heavy (non-hydrogen) atoms. The number of ether oxygens (including phenoxy) is 1. The van der Waals surface area contributed by atoms with Crippen molar-refractivity contribution in [2.45, 2.75) is 11.9 Å². The summed E-state index contributed by atoms with van der Waals surface area (Å²) >= 11 is 3.23. The van der Waals surface area contributed by atoms with E-state index >= 15 is 0 Å². The number of halogens is 3. The fraction of sp³-hybridized carbons (Fsp3) is 0.133. The molecule has 0 N–H and O–H groups in total. The summed E-state index contributed by atoms with van der Waals surface area (Å²) in [5.41, 5.74) is 1.34. The van der Waals surface area contributed by atoms with Crippen molar-refractivity contribution in [3.05, 3.63) is 64.7 Å². The predicted octanol–water partition coefficient (Wildman–Crippen LogP) is 4.31. The first-order valence-electron chi connectivity index (χ1n) is 5.79. The zero-order valence-corrected chi connectivity index (χ0v) is 12.0. The topological polar surface area (TPSA) is 33.0 Å². The van der Waals surface area contributed by atoms with Crippen molar-refractivity contribution in [2.24, 2.45) is 0 Å². The van der Waals surface area contributed by atoms with Gasteiger partial charge in [-0.15, -0.1) is 0 Å². The van der Waals surface area contributed by atoms with E-state index < -0.39 is 11.6 Å². The highest BCUT2D eigenvalue weighted by Crippen LogP contribution is 2.20. The van der Waals surface area contributed by atoms with Gasteiger partial charge in [0.15, 0.2) is 0 Å². The van der Waals surface area contributed by atoms with Gasteiger partial charge in [-0.2, -0.15) is 5.26 Å². The Morgan fingerprint density at radius 3 is 2.65 bits per heavy atom. The minimum atomic E-state index is -0.457. The van der Waals surface area contributed by atoms with Gasteiger partial charge in [-0.3, -0.25) is 0 Å². The maximum atomic E-state index is 13.6. The maximum absolute atomic E-state index is 13.6. The smallest absolute Gasteiger partial charge is 0.129 e. The molecule has 0 amide bonds. The summed E-state index contributed by atoms with van der Waals surface area (Å²) in [6, 6.07) is 10.2. The number of nitrogens with zero attached hydrogens (tertiary/aromatic N) is 1. The Morgan fingerprint density at radius 2 is 1.95 bits per heavy atom. The average Bonchev–Trinajstić information content (AvgIpc) is 2.45. The summed E-state index contributed by atoms with van der Waals surface area (Å²) in [6.07, 6.45) is 0. The summed E-state index contributed by atoms with van der Waals surface area (Å²) < 4.78 is 32.3. The van der Waals surface area contributed by atoms with E-state index in [0.29, 0.717) is 16.6 Å². The quantitative estimate of drug-likeness (QED) is 0.779. The molecule has 0 saturated carbocycles. The maximum Gasteiger partial charge on any atom is 0.129 e. The van der Waals surface area contributed by atoms with Crippen LogP contribution >= 0.6 is 15.9 Å². The van der Waals surface area contributed by atoms with Crippen molar-refractivity contribution in [3.8, 4) is 11.8 Å². The largest absolute Gasteiger partial charge is 0.489 e. The van der Waals surface area contributed by atoms with Gasteiger partial charge in [0.25, 0.3) is 0 Å². The molecule has 0 bridgehead atoms. The first-order valence-corrected chi connectivity index (χ1v) is 6.91. The van der Waals surface area contributed by atoms with Crippen molar-refractivity contribution in [2.75, 3.05) is 0 Å². The molecule has 102 valence electrons. The minimum absolute atomic E-state index is 0.0630. The number of alkyl halides is 1. The van der Waals surface area contributed by atoms with Crippen LogP contribution in [0.3, 0.4) is 0 Å². The molecule has 0 spiro atoms. The number of benzene rings is 2. The third-order valence-corrected chi connectivity index (χ3v) is 3.30. The Labute approximate surface area is 123 Å². The van der Waals surface area contributed by atoms with Gasteiger partial charge in [-0.05, 0) is 35.9 Å². The molecular formula is C15H10BrF2NO. The number of hydrogen-bond acceptors (Lipinski definition) is 2. The lowest BCUT2D eigenvalue weighted by atomic mass is 10.1. The molecule has 2 rings (SSSR count). The molecule has 0 radical (unpaired) electrons. The third-order valence-electron chi connectivity index (χ3n) is 2.65. The van der Waals surface area contributed by atoms with E-state index in [1.165, 1.54) is 30.3 Å². The lowest BCUT2D eigenvalue weighted by Crippen LogP contribution is -2.00. The standard InChI is InChI=1S/C15H10BrF2NO/c16-7-11-4-13(17)6-14(5-11)20-9-12-3-10(8-19)1-2-15(12)18/h1-6H,7,9H2. The van der Waals surface area contributed by atoms with Gasteiger partial charge in [0.05, 0.1) is 11.6 Å². The molecule has 0 unspecified atom stereocenters. The van der Waals surface area contributed by atoms with Crippen molar-refractivity contribution in [1.82, 2.24) is 0 Å². The molecule has 0 aliphatic carbocycles. The van der Waals surface area contributed by atoms with Crippen LogP contribution in [-0.4, -0.2) is 0 Å². The highest BCUT2D eigenvalue weighted by molar-refractivity contribution is 9.08. The molecule has 2 aromatic carbocycles. The Kier molecular flexibility index (Phi) is 4.70. The zero-order valence-electron chi connectivity index (χ0n) is 10.4. The number of nitriles is 1. The molecule has 5 heteroatoms. The molecule has 0 saturated heterocycles. The number of hydrogen-bond donors (Lipinski definition) is 0. The van der Waals surface area contributed by atoms with E-state index in [1.807, 2.05) is 6.07 Å². The lowest BCUT2D eigenvalue weighted by molar-refractivity contribution is 0.298. The lowest BCUT2D eigenvalue weighted by Gasteiger charge is -2.09. The third kappa shape index (κ3) is 3.55. The number of rotatable bonds is 4. The molecule has 2 nitrogen and oxygen atoms in total. The van der Waals surface area contributed by atoms with E-state index in [9.17, 15) is 8.78 Å². The average molecular weight is 338 g/mol. The van der Waals surface area contributed by atoms with Crippen molar-refractivity contribution in [1.29, 1.82) is 5.26 Å². The van der Waals surface area contributed by atoms with E-state index in [2.05, 4.69) is 15.9 Å². The van der Waals surface area contributed by atoms with Crippen molar-refractivity contribution < 1.29 is 13.5 Å². The van der Waals surface area contributed by atoms with Gasteiger partial charge in [0.2, 0.25) is 0 Å². The van der Waals surface area contributed by atoms with Crippen LogP contribution in [0.1, 0.15) is 16.7 Å². The summed E-state index contributed by atoms with van der Waals surface area (Å²) in [5, 5.41) is 9.27. The van der Waals surface area contributed by atoms with Gasteiger partial charge in [0.1, 0.15) is 24.0 Å². The monoisotopic (exact) mass is 337 g/mol. The predicted molar refractivity (Wildman–Crippen MR) is 74.5 cm³/mol. The van der Waals surface area contributed by atoms with Crippen LogP contribution in [0.4, 0.5) is 8.78 Å². The van der Waals surface area contributed by atoms with Gasteiger partial charge >= 0.3 is 0 Å². The molecule has 0 aliphatic rings. The second-order valence-electron chi connectivity index (χ2n) is 4.14. The van der Waals surface area contributed by atoms with Crippen molar-refractivity contribution in [3.63, 3.8) is 0 Å². The first-order chi connectivity index (χ1) is 9.62. The van der Waals surface area contributed by atoms with Gasteiger partial charge < -0.3 is 4.74 Å². The van der Waals surface area contributed by atoms with E-state index in [-0.39, 0.29) is 12.2 Å². The molecule has 0 heterocycles. The van der Waals surface area contributed by atoms with E-state index in [4.69, 9.17) is 10.00 Å². The van der Waals surface area contributed by atoms with Gasteiger partial charge in [-0.1, -0.05) is 15.9 Å². The fourth-order valence-electron chi connectivity index (χ4n) is 1.70. The zero-order chi connectivity index (χ0) is 14.5. The van der Waals surface area contributed by atoms with Crippen molar-refractivity contribution >= 4 is 15.9 Å². The van der Waals surface area contributed by atoms with E-state index in [0.717, 1.165) is 5.56 Å². The molecule has 0 aliphatic heterocycles. The summed E-state index contributed by atoms with van der Waals surface area (Å²) in [6.45, 7) is -0.0630. The van der Waals surface area contributed by atoms with Crippen LogP contribution < -0.4 is 4.74 Å². The molecule has 2 aromatic rings. The summed E-state index contributed by atoms with van der Waals surface area (Å²) in [4.78, 5) is 0.